The van der Waals surface area contributed by atoms with Crippen molar-refractivity contribution in [3.8, 4) is 5.75 Å². The second kappa shape index (κ2) is 10.8. The molecule has 3 N–H and O–H groups in total. The van der Waals surface area contributed by atoms with Gasteiger partial charge in [-0.15, -0.1) is 3.89 Å². The third kappa shape index (κ3) is 7.78. The minimum atomic E-state index is -4.80. The molecule has 3 rings (SSSR count). The second-order valence-electron chi connectivity index (χ2n) is 6.76. The molecule has 0 aliphatic heterocycles. The van der Waals surface area contributed by atoms with Crippen molar-refractivity contribution in [3.63, 3.8) is 0 Å². The molecule has 0 radical (unpaired) electrons. The fourth-order valence-electron chi connectivity index (χ4n) is 2.66. The number of benzene rings is 3. The summed E-state index contributed by atoms with van der Waals surface area (Å²) in [4.78, 5) is 23.5. The van der Waals surface area contributed by atoms with Gasteiger partial charge < -0.3 is 20.7 Å². The third-order valence-corrected chi connectivity index (χ3v) is 5.33. The summed E-state index contributed by atoms with van der Waals surface area (Å²) in [6.45, 7) is 0.117. The predicted molar refractivity (Wildman–Crippen MR) is 123 cm³/mol. The Kier molecular flexibility index (Phi) is 7.86. The second-order valence-corrected chi connectivity index (χ2v) is 8.54. The van der Waals surface area contributed by atoms with E-state index in [0.717, 1.165) is 17.7 Å². The molecule has 3 aromatic rings. The van der Waals surface area contributed by atoms with Crippen molar-refractivity contribution in [2.24, 2.45) is 0 Å². The zero-order chi connectivity index (χ0) is 23.8. The average molecular weight is 492 g/mol. The van der Waals surface area contributed by atoms with Gasteiger partial charge in [0, 0.05) is 22.9 Å². The Hall–Kier alpha value is -3.63. The van der Waals surface area contributed by atoms with Crippen LogP contribution in [-0.4, -0.2) is 27.0 Å². The van der Waals surface area contributed by atoms with E-state index in [-0.39, 0.29) is 19.1 Å². The van der Waals surface area contributed by atoms with E-state index in [1.54, 1.807) is 48.5 Å². The van der Waals surface area contributed by atoms with Gasteiger partial charge in [0.25, 0.3) is 5.91 Å². The highest BCUT2D eigenvalue weighted by Crippen LogP contribution is 2.18. The zero-order valence-electron chi connectivity index (χ0n) is 17.0. The highest BCUT2D eigenvalue weighted by atomic mass is 35.5. The topological polar surface area (TPSA) is 114 Å². The molecule has 3 amide bonds. The highest BCUT2D eigenvalue weighted by molar-refractivity contribution is 7.86. The van der Waals surface area contributed by atoms with Crippen molar-refractivity contribution in [2.45, 2.75) is 11.4 Å². The maximum absolute atomic E-state index is 12.9. The van der Waals surface area contributed by atoms with Gasteiger partial charge in [-0.2, -0.15) is 8.42 Å². The summed E-state index contributed by atoms with van der Waals surface area (Å²) < 4.78 is 39.9. The predicted octanol–water partition coefficient (Wildman–Crippen LogP) is 4.34. The number of halogens is 2. The van der Waals surface area contributed by atoms with Gasteiger partial charge in [0.2, 0.25) is 0 Å². The number of hydrogen-bond donors (Lipinski definition) is 3. The van der Waals surface area contributed by atoms with Gasteiger partial charge in [-0.1, -0.05) is 29.8 Å². The van der Waals surface area contributed by atoms with E-state index in [4.69, 9.17) is 16.3 Å². The number of rotatable bonds is 8. The summed E-state index contributed by atoms with van der Waals surface area (Å²) in [6, 6.07) is 17.6. The van der Waals surface area contributed by atoms with Gasteiger partial charge in [-0.05, 0) is 60.2 Å². The van der Waals surface area contributed by atoms with Gasteiger partial charge in [-0.25, -0.2) is 4.79 Å². The van der Waals surface area contributed by atoms with Crippen molar-refractivity contribution in [1.82, 2.24) is 5.32 Å². The largest absolute Gasteiger partial charge is 0.484 e. The number of hydrogen-bond acceptors (Lipinski definition) is 5. The van der Waals surface area contributed by atoms with Crippen molar-refractivity contribution in [1.29, 1.82) is 0 Å². The molecular weight excluding hydrogens is 473 g/mol. The molecule has 0 bridgehead atoms. The molecular formula is C22H19ClFN3O5S. The molecule has 0 aliphatic carbocycles. The van der Waals surface area contributed by atoms with Crippen LogP contribution in [0.2, 0.25) is 5.02 Å². The summed E-state index contributed by atoms with van der Waals surface area (Å²) in [6.07, 6.45) is 0. The van der Waals surface area contributed by atoms with Crippen molar-refractivity contribution < 1.29 is 26.6 Å². The van der Waals surface area contributed by atoms with Crippen molar-refractivity contribution in [3.05, 3.63) is 83.4 Å². The summed E-state index contributed by atoms with van der Waals surface area (Å²) >= 11 is 5.86. The lowest BCUT2D eigenvalue weighted by Crippen LogP contribution is -2.28. The van der Waals surface area contributed by atoms with E-state index < -0.39 is 21.1 Å². The van der Waals surface area contributed by atoms with Crippen LogP contribution < -0.4 is 20.7 Å². The van der Waals surface area contributed by atoms with E-state index in [2.05, 4.69) is 16.0 Å². The van der Waals surface area contributed by atoms with Crippen LogP contribution in [0.25, 0.3) is 0 Å². The van der Waals surface area contributed by atoms with Crippen LogP contribution >= 0.6 is 11.6 Å². The first-order valence-corrected chi connectivity index (χ1v) is 11.3. The van der Waals surface area contributed by atoms with Gasteiger partial charge in [-0.3, -0.25) is 4.79 Å². The van der Waals surface area contributed by atoms with E-state index >= 15 is 0 Å². The fourth-order valence-corrected chi connectivity index (χ4v) is 3.30. The summed E-state index contributed by atoms with van der Waals surface area (Å²) in [5.74, 6) is 0.192. The van der Waals surface area contributed by atoms with Crippen LogP contribution in [0, 0.1) is 0 Å². The minimum Gasteiger partial charge on any atom is -0.484 e. The van der Waals surface area contributed by atoms with E-state index in [0.29, 0.717) is 22.1 Å². The Balaban J connectivity index is 1.43. The number of amides is 3. The van der Waals surface area contributed by atoms with Crippen LogP contribution in [0.5, 0.6) is 5.75 Å². The first-order valence-electron chi connectivity index (χ1n) is 9.56. The molecule has 11 heteroatoms. The molecule has 0 unspecified atom stereocenters. The molecule has 0 aromatic heterocycles. The van der Waals surface area contributed by atoms with E-state index in [1.807, 2.05) is 0 Å². The van der Waals surface area contributed by atoms with Crippen LogP contribution in [0.3, 0.4) is 0 Å². The molecule has 0 aliphatic rings. The van der Waals surface area contributed by atoms with E-state index in [9.17, 15) is 21.9 Å². The van der Waals surface area contributed by atoms with Crippen LogP contribution in [0.4, 0.5) is 20.1 Å². The van der Waals surface area contributed by atoms with E-state index in [1.165, 1.54) is 12.1 Å². The molecule has 0 spiro atoms. The Morgan fingerprint density at radius 1 is 0.909 bits per heavy atom. The summed E-state index contributed by atoms with van der Waals surface area (Å²) in [5.41, 5.74) is 1.59. The summed E-state index contributed by atoms with van der Waals surface area (Å²) in [7, 11) is -4.80. The molecule has 0 saturated heterocycles. The average Bonchev–Trinajstić information content (AvgIpc) is 2.77. The Morgan fingerprint density at radius 2 is 1.52 bits per heavy atom. The fraction of sp³-hybridized carbons (Fsp3) is 0.0909. The molecule has 8 nitrogen and oxygen atoms in total. The Morgan fingerprint density at radius 3 is 2.09 bits per heavy atom. The Bertz CT molecular complexity index is 1240. The lowest BCUT2D eigenvalue weighted by molar-refractivity contribution is -0.123. The lowest BCUT2D eigenvalue weighted by Gasteiger charge is -2.10. The van der Waals surface area contributed by atoms with Gasteiger partial charge in [0.1, 0.15) is 5.75 Å². The van der Waals surface area contributed by atoms with Gasteiger partial charge in [0.05, 0.1) is 4.90 Å². The quantitative estimate of drug-likeness (QED) is 0.406. The lowest BCUT2D eigenvalue weighted by atomic mass is 10.2. The summed E-state index contributed by atoms with van der Waals surface area (Å²) in [5, 5.41) is 8.36. The van der Waals surface area contributed by atoms with Crippen LogP contribution in [0.1, 0.15) is 5.56 Å². The normalized spacial score (nSPS) is 10.8. The highest BCUT2D eigenvalue weighted by Gasteiger charge is 2.11. The molecule has 33 heavy (non-hydrogen) atoms. The Labute approximate surface area is 194 Å². The standard InChI is InChI=1S/C22H19ClFN3O5S/c23-16-2-1-3-19(12-16)32-14-21(28)25-13-15-4-6-17(7-5-15)26-22(29)27-18-8-10-20(11-9-18)33(24,30)31/h1-12H,13-14H2,(H,25,28)(H2,26,27,29). The molecule has 0 saturated carbocycles. The zero-order valence-corrected chi connectivity index (χ0v) is 18.6. The van der Waals surface area contributed by atoms with Crippen LogP contribution in [0.15, 0.2) is 77.7 Å². The minimum absolute atomic E-state index is 0.154. The first kappa shape index (κ1) is 24.0. The third-order valence-electron chi connectivity index (χ3n) is 4.26. The smallest absolute Gasteiger partial charge is 0.332 e. The molecule has 0 fully saturated rings. The number of carbonyl (C=O) groups is 2. The molecule has 0 heterocycles. The van der Waals surface area contributed by atoms with Crippen molar-refractivity contribution in [2.75, 3.05) is 17.2 Å². The van der Waals surface area contributed by atoms with Gasteiger partial charge in [0.15, 0.2) is 6.61 Å². The van der Waals surface area contributed by atoms with Crippen molar-refractivity contribution >= 4 is 45.1 Å². The number of anilines is 2. The molecule has 3 aromatic carbocycles. The first-order chi connectivity index (χ1) is 15.7. The number of ether oxygens (including phenoxy) is 1. The maximum Gasteiger partial charge on any atom is 0.332 e. The number of nitrogens with one attached hydrogen (secondary N) is 3. The SMILES string of the molecule is O=C(COc1cccc(Cl)c1)NCc1ccc(NC(=O)Nc2ccc(S(=O)(=O)F)cc2)cc1. The number of urea groups is 1. The van der Waals surface area contributed by atoms with Crippen LogP contribution in [-0.2, 0) is 21.6 Å². The molecule has 0 atom stereocenters. The monoisotopic (exact) mass is 491 g/mol. The maximum atomic E-state index is 12.9. The van der Waals surface area contributed by atoms with Gasteiger partial charge >= 0.3 is 16.3 Å². The number of carbonyl (C=O) groups excluding carboxylic acids is 2. The molecule has 172 valence electrons.